The van der Waals surface area contributed by atoms with E-state index in [1.54, 1.807) is 0 Å². The Morgan fingerprint density at radius 1 is 1.47 bits per heavy atom. The van der Waals surface area contributed by atoms with Crippen LogP contribution in [0.15, 0.2) is 0 Å². The molecule has 0 saturated carbocycles. The number of ether oxygens (including phenoxy) is 1. The van der Waals surface area contributed by atoms with Crippen LogP contribution in [0.3, 0.4) is 0 Å². The van der Waals surface area contributed by atoms with Gasteiger partial charge in [0, 0.05) is 16.1 Å². The molecule has 1 aliphatic rings. The van der Waals surface area contributed by atoms with Crippen molar-refractivity contribution in [3.8, 4) is 0 Å². The molecule has 0 radical (unpaired) electrons. The van der Waals surface area contributed by atoms with Crippen LogP contribution in [0.2, 0.25) is 0 Å². The highest BCUT2D eigenvalue weighted by molar-refractivity contribution is 9.12. The Labute approximate surface area is 108 Å². The van der Waals surface area contributed by atoms with E-state index >= 15 is 0 Å². The molecule has 4 heteroatoms. The number of halogens is 2. The molecule has 88 valence electrons. The van der Waals surface area contributed by atoms with Crippen molar-refractivity contribution in [3.63, 3.8) is 0 Å². The molecule has 0 aromatic rings. The smallest absolute Gasteiger partial charge is 0.306 e. The molecule has 1 fully saturated rings. The van der Waals surface area contributed by atoms with Gasteiger partial charge in [0.15, 0.2) is 0 Å². The van der Waals surface area contributed by atoms with Gasteiger partial charge in [-0.25, -0.2) is 0 Å². The van der Waals surface area contributed by atoms with Gasteiger partial charge < -0.3 is 4.74 Å². The van der Waals surface area contributed by atoms with Crippen molar-refractivity contribution in [1.82, 2.24) is 0 Å². The Bertz CT molecular complexity index is 233. The summed E-state index contributed by atoms with van der Waals surface area (Å²) in [6, 6.07) is 0. The zero-order chi connectivity index (χ0) is 11.5. The summed E-state index contributed by atoms with van der Waals surface area (Å²) in [5, 5.41) is 0. The molecule has 2 nitrogen and oxygen atoms in total. The summed E-state index contributed by atoms with van der Waals surface area (Å²) in [5.74, 6) is -0.0468. The molecule has 1 rings (SSSR count). The predicted octanol–water partition coefficient (Wildman–Crippen LogP) is 3.80. The third-order valence-corrected chi connectivity index (χ3v) is 6.04. The van der Waals surface area contributed by atoms with Gasteiger partial charge in [-0.05, 0) is 32.6 Å². The van der Waals surface area contributed by atoms with E-state index < -0.39 is 0 Å². The Morgan fingerprint density at radius 2 is 2.13 bits per heavy atom. The van der Waals surface area contributed by atoms with Gasteiger partial charge in [-0.2, -0.15) is 0 Å². The number of rotatable bonds is 5. The maximum atomic E-state index is 11.1. The van der Waals surface area contributed by atoms with E-state index in [0.717, 1.165) is 25.7 Å². The van der Waals surface area contributed by atoms with E-state index in [1.165, 1.54) is 0 Å². The second-order valence-electron chi connectivity index (χ2n) is 4.40. The highest BCUT2D eigenvalue weighted by Crippen LogP contribution is 2.33. The number of esters is 1. The Balaban J connectivity index is 2.33. The fraction of sp³-hybridized carbons (Fsp3) is 0.909. The lowest BCUT2D eigenvalue weighted by Crippen LogP contribution is -2.26. The number of hydrogen-bond acceptors (Lipinski definition) is 2. The van der Waals surface area contributed by atoms with Crippen molar-refractivity contribution in [2.45, 2.75) is 61.2 Å². The molecule has 0 spiro atoms. The Hall–Kier alpha value is 0.430. The second-order valence-corrected chi connectivity index (χ2v) is 6.76. The lowest BCUT2D eigenvalue weighted by Gasteiger charge is -2.25. The first-order valence-electron chi connectivity index (χ1n) is 5.47. The number of cyclic esters (lactones) is 1. The van der Waals surface area contributed by atoms with Gasteiger partial charge in [-0.1, -0.05) is 38.8 Å². The molecule has 1 heterocycles. The molecule has 0 N–H and O–H groups in total. The maximum absolute atomic E-state index is 11.1. The monoisotopic (exact) mass is 340 g/mol. The summed E-state index contributed by atoms with van der Waals surface area (Å²) < 4.78 is 5.34. The quantitative estimate of drug-likeness (QED) is 0.561. The van der Waals surface area contributed by atoms with Crippen LogP contribution in [0.5, 0.6) is 0 Å². The van der Waals surface area contributed by atoms with Crippen LogP contribution in [-0.2, 0) is 9.53 Å². The normalized spacial score (nSPS) is 30.0. The summed E-state index contributed by atoms with van der Waals surface area (Å²) in [6.45, 7) is 4.19. The van der Waals surface area contributed by atoms with Crippen molar-refractivity contribution < 1.29 is 9.53 Å². The largest absolute Gasteiger partial charge is 0.459 e. The van der Waals surface area contributed by atoms with E-state index in [0.29, 0.717) is 16.1 Å². The van der Waals surface area contributed by atoms with Crippen LogP contribution in [-0.4, -0.2) is 21.2 Å². The maximum Gasteiger partial charge on any atom is 0.306 e. The van der Waals surface area contributed by atoms with Crippen molar-refractivity contribution in [2.75, 3.05) is 0 Å². The Kier molecular flexibility index (Phi) is 5.10. The summed E-state index contributed by atoms with van der Waals surface area (Å²) in [6.07, 6.45) is 4.52. The molecule has 0 aliphatic carbocycles. The zero-order valence-electron chi connectivity index (χ0n) is 9.26. The van der Waals surface area contributed by atoms with E-state index in [1.807, 2.05) is 6.92 Å². The molecule has 0 amide bonds. The molecule has 0 aromatic carbocycles. The van der Waals surface area contributed by atoms with Crippen LogP contribution in [0.25, 0.3) is 0 Å². The first kappa shape index (κ1) is 13.5. The molecule has 3 atom stereocenters. The number of carbonyl (C=O) groups excluding carboxylic acids is 1. The van der Waals surface area contributed by atoms with E-state index in [-0.39, 0.29) is 11.6 Å². The van der Waals surface area contributed by atoms with E-state index in [9.17, 15) is 4.79 Å². The van der Waals surface area contributed by atoms with Gasteiger partial charge in [0.2, 0.25) is 0 Å². The van der Waals surface area contributed by atoms with Gasteiger partial charge >= 0.3 is 5.97 Å². The first-order chi connectivity index (χ1) is 6.97. The first-order valence-corrected chi connectivity index (χ1v) is 7.30. The molecular formula is C11H18Br2O2. The van der Waals surface area contributed by atoms with Crippen LogP contribution >= 0.6 is 31.9 Å². The molecule has 1 aliphatic heterocycles. The van der Waals surface area contributed by atoms with Crippen LogP contribution in [0.1, 0.15) is 46.0 Å². The fourth-order valence-electron chi connectivity index (χ4n) is 1.80. The number of hydrogen-bond donors (Lipinski definition) is 0. The molecule has 0 aromatic heterocycles. The van der Waals surface area contributed by atoms with Crippen molar-refractivity contribution in [1.29, 1.82) is 0 Å². The fourth-order valence-corrected chi connectivity index (χ4v) is 2.67. The molecule has 3 unspecified atom stereocenters. The average Bonchev–Trinajstić information content (AvgIpc) is 2.54. The van der Waals surface area contributed by atoms with Crippen LogP contribution in [0, 0.1) is 0 Å². The van der Waals surface area contributed by atoms with Gasteiger partial charge in [0.25, 0.3) is 0 Å². The minimum absolute atomic E-state index is 0.0468. The topological polar surface area (TPSA) is 26.3 Å². The molecule has 1 saturated heterocycles. The van der Waals surface area contributed by atoms with Crippen LogP contribution < -0.4 is 0 Å². The minimum atomic E-state index is -0.219. The second kappa shape index (κ2) is 5.67. The minimum Gasteiger partial charge on any atom is -0.459 e. The lowest BCUT2D eigenvalue weighted by molar-refractivity contribution is -0.147. The van der Waals surface area contributed by atoms with E-state index in [4.69, 9.17) is 4.74 Å². The standard InChI is InChI=1S/C11H18Br2O2/c1-3-8(12)9(13)4-6-11(2)7-5-10(14)15-11/h8-9H,3-7H2,1-2H3. The molecular weight excluding hydrogens is 324 g/mol. The molecule has 15 heavy (non-hydrogen) atoms. The highest BCUT2D eigenvalue weighted by Gasteiger charge is 2.35. The Morgan fingerprint density at radius 3 is 2.60 bits per heavy atom. The third kappa shape index (κ3) is 4.06. The predicted molar refractivity (Wildman–Crippen MR) is 68.7 cm³/mol. The summed E-state index contributed by atoms with van der Waals surface area (Å²) in [5.41, 5.74) is -0.219. The van der Waals surface area contributed by atoms with Gasteiger partial charge in [0.1, 0.15) is 5.60 Å². The van der Waals surface area contributed by atoms with Crippen molar-refractivity contribution >= 4 is 37.8 Å². The van der Waals surface area contributed by atoms with Crippen molar-refractivity contribution in [3.05, 3.63) is 0 Å². The van der Waals surface area contributed by atoms with Gasteiger partial charge in [-0.15, -0.1) is 0 Å². The molecule has 0 bridgehead atoms. The summed E-state index contributed by atoms with van der Waals surface area (Å²) >= 11 is 7.29. The summed E-state index contributed by atoms with van der Waals surface area (Å²) in [7, 11) is 0. The van der Waals surface area contributed by atoms with E-state index in [2.05, 4.69) is 38.8 Å². The summed E-state index contributed by atoms with van der Waals surface area (Å²) in [4.78, 5) is 12.0. The van der Waals surface area contributed by atoms with Gasteiger partial charge in [0.05, 0.1) is 0 Å². The SMILES string of the molecule is CCC(Br)C(Br)CCC1(C)CCC(=O)O1. The highest BCUT2D eigenvalue weighted by atomic mass is 79.9. The van der Waals surface area contributed by atoms with Crippen molar-refractivity contribution in [2.24, 2.45) is 0 Å². The lowest BCUT2D eigenvalue weighted by atomic mass is 9.95. The van der Waals surface area contributed by atoms with Gasteiger partial charge in [-0.3, -0.25) is 4.79 Å². The number of alkyl halides is 2. The third-order valence-electron chi connectivity index (χ3n) is 2.95. The number of carbonyl (C=O) groups is 1. The zero-order valence-corrected chi connectivity index (χ0v) is 12.4. The average molecular weight is 342 g/mol. The van der Waals surface area contributed by atoms with Crippen LogP contribution in [0.4, 0.5) is 0 Å².